The van der Waals surface area contributed by atoms with Crippen LogP contribution in [-0.4, -0.2) is 36.8 Å². The maximum atomic E-state index is 12.0. The van der Waals surface area contributed by atoms with Gasteiger partial charge in [-0.3, -0.25) is 9.59 Å². The van der Waals surface area contributed by atoms with Gasteiger partial charge >= 0.3 is 11.9 Å². The van der Waals surface area contributed by atoms with Gasteiger partial charge in [0.2, 0.25) is 0 Å². The molecule has 0 bridgehead atoms. The van der Waals surface area contributed by atoms with E-state index in [9.17, 15) is 14.4 Å². The summed E-state index contributed by atoms with van der Waals surface area (Å²) in [4.78, 5) is 36.7. The zero-order valence-corrected chi connectivity index (χ0v) is 15.8. The number of rotatable bonds is 9. The minimum atomic E-state index is -0.525. The number of carbonyl (C=O) groups excluding carboxylic acids is 3. The number of benzene rings is 2. The molecule has 1 amide bonds. The monoisotopic (exact) mass is 387 g/mol. The van der Waals surface area contributed by atoms with Gasteiger partial charge in [-0.05, 0) is 31.2 Å². The van der Waals surface area contributed by atoms with Crippen LogP contribution in [0.2, 0.25) is 0 Å². The average Bonchev–Trinajstić information content (AvgIpc) is 2.68. The number of anilines is 1. The molecule has 6 nitrogen and oxygen atoms in total. The number of carbonyl (C=O) groups is 3. The third-order valence-corrected chi connectivity index (χ3v) is 4.39. The predicted molar refractivity (Wildman–Crippen MR) is 104 cm³/mol. The standard InChI is InChI=1S/C20H21NO5S/c1-2-25-20(24)16-10-6-7-11-17(16)21-18(22)14-26-19(23)12-13-27-15-8-4-3-5-9-15/h3-11H,2,12-14H2,1H3,(H,21,22). The van der Waals surface area contributed by atoms with Crippen LogP contribution in [0.25, 0.3) is 0 Å². The Morgan fingerprint density at radius 1 is 0.963 bits per heavy atom. The minimum absolute atomic E-state index is 0.201. The van der Waals surface area contributed by atoms with Gasteiger partial charge in [0.25, 0.3) is 5.91 Å². The van der Waals surface area contributed by atoms with E-state index in [0.29, 0.717) is 11.4 Å². The van der Waals surface area contributed by atoms with Crippen molar-refractivity contribution in [2.45, 2.75) is 18.2 Å². The number of hydrogen-bond acceptors (Lipinski definition) is 6. The first-order chi connectivity index (χ1) is 13.1. The molecule has 0 aromatic heterocycles. The summed E-state index contributed by atoms with van der Waals surface area (Å²) in [5, 5.41) is 2.56. The molecule has 0 aliphatic rings. The fourth-order valence-electron chi connectivity index (χ4n) is 2.15. The van der Waals surface area contributed by atoms with Crippen molar-refractivity contribution in [2.24, 2.45) is 0 Å². The van der Waals surface area contributed by atoms with Gasteiger partial charge in [0.1, 0.15) is 0 Å². The van der Waals surface area contributed by atoms with Gasteiger partial charge < -0.3 is 14.8 Å². The van der Waals surface area contributed by atoms with E-state index in [1.54, 1.807) is 43.0 Å². The highest BCUT2D eigenvalue weighted by atomic mass is 32.2. The van der Waals surface area contributed by atoms with Crippen molar-refractivity contribution >= 4 is 35.3 Å². The van der Waals surface area contributed by atoms with Gasteiger partial charge in [-0.15, -0.1) is 11.8 Å². The number of thioether (sulfide) groups is 1. The molecule has 0 fully saturated rings. The van der Waals surface area contributed by atoms with Crippen molar-refractivity contribution < 1.29 is 23.9 Å². The molecule has 0 heterocycles. The minimum Gasteiger partial charge on any atom is -0.462 e. The molecule has 0 saturated carbocycles. The molecule has 0 saturated heterocycles. The number of para-hydroxylation sites is 1. The molecule has 2 aromatic carbocycles. The zero-order valence-electron chi connectivity index (χ0n) is 15.0. The molecular weight excluding hydrogens is 366 g/mol. The Kier molecular flexibility index (Phi) is 8.38. The lowest BCUT2D eigenvalue weighted by Gasteiger charge is -2.10. The van der Waals surface area contributed by atoms with Gasteiger partial charge in [-0.2, -0.15) is 0 Å². The lowest BCUT2D eigenvalue weighted by molar-refractivity contribution is -0.146. The second-order valence-electron chi connectivity index (χ2n) is 5.39. The summed E-state index contributed by atoms with van der Waals surface area (Å²) < 4.78 is 9.93. The van der Waals surface area contributed by atoms with Gasteiger partial charge in [-0.1, -0.05) is 30.3 Å². The molecule has 1 N–H and O–H groups in total. The number of esters is 2. The smallest absolute Gasteiger partial charge is 0.340 e. The second-order valence-corrected chi connectivity index (χ2v) is 6.55. The molecule has 0 radical (unpaired) electrons. The van der Waals surface area contributed by atoms with Crippen LogP contribution >= 0.6 is 11.8 Å². The number of hydrogen-bond donors (Lipinski definition) is 1. The van der Waals surface area contributed by atoms with E-state index >= 15 is 0 Å². The van der Waals surface area contributed by atoms with Crippen LogP contribution in [-0.2, 0) is 19.1 Å². The summed E-state index contributed by atoms with van der Waals surface area (Å²) in [5.74, 6) is -0.928. The summed E-state index contributed by atoms with van der Waals surface area (Å²) in [6.07, 6.45) is 0.201. The van der Waals surface area contributed by atoms with Crippen molar-refractivity contribution in [3.05, 3.63) is 60.2 Å². The Morgan fingerprint density at radius 2 is 1.67 bits per heavy atom. The Bertz CT molecular complexity index is 779. The third kappa shape index (κ3) is 7.15. The Morgan fingerprint density at radius 3 is 2.41 bits per heavy atom. The number of nitrogens with one attached hydrogen (secondary N) is 1. The van der Waals surface area contributed by atoms with Crippen molar-refractivity contribution in [3.63, 3.8) is 0 Å². The summed E-state index contributed by atoms with van der Waals surface area (Å²) in [5.41, 5.74) is 0.565. The second kappa shape index (κ2) is 11.0. The summed E-state index contributed by atoms with van der Waals surface area (Å²) in [7, 11) is 0. The van der Waals surface area contributed by atoms with Crippen LogP contribution in [0.4, 0.5) is 5.69 Å². The van der Waals surface area contributed by atoms with Crippen molar-refractivity contribution in [1.29, 1.82) is 0 Å². The van der Waals surface area contributed by atoms with Gasteiger partial charge in [0.05, 0.1) is 24.3 Å². The molecular formula is C20H21NO5S. The molecule has 0 atom stereocenters. The van der Waals surface area contributed by atoms with E-state index in [0.717, 1.165) is 4.90 Å². The van der Waals surface area contributed by atoms with Gasteiger partial charge in [-0.25, -0.2) is 4.79 Å². The van der Waals surface area contributed by atoms with E-state index in [-0.39, 0.29) is 18.6 Å². The normalized spacial score (nSPS) is 10.1. The average molecular weight is 387 g/mol. The van der Waals surface area contributed by atoms with Crippen molar-refractivity contribution in [1.82, 2.24) is 0 Å². The van der Waals surface area contributed by atoms with E-state index in [1.165, 1.54) is 0 Å². The highest BCUT2D eigenvalue weighted by molar-refractivity contribution is 7.99. The molecule has 7 heteroatoms. The summed E-state index contributed by atoms with van der Waals surface area (Å²) >= 11 is 1.54. The Balaban J connectivity index is 1.76. The molecule has 27 heavy (non-hydrogen) atoms. The lowest BCUT2D eigenvalue weighted by atomic mass is 10.2. The van der Waals surface area contributed by atoms with Crippen LogP contribution in [0.5, 0.6) is 0 Å². The molecule has 0 aliphatic heterocycles. The molecule has 2 aromatic rings. The fourth-order valence-corrected chi connectivity index (χ4v) is 3.01. The summed E-state index contributed by atoms with van der Waals surface area (Å²) in [6.45, 7) is 1.53. The van der Waals surface area contributed by atoms with E-state index < -0.39 is 24.5 Å². The van der Waals surface area contributed by atoms with Crippen LogP contribution in [0.3, 0.4) is 0 Å². The van der Waals surface area contributed by atoms with Gasteiger partial charge in [0.15, 0.2) is 6.61 Å². The Labute approximate surface area is 162 Å². The van der Waals surface area contributed by atoms with Crippen LogP contribution in [0.15, 0.2) is 59.5 Å². The maximum Gasteiger partial charge on any atom is 0.340 e. The molecule has 0 spiro atoms. The van der Waals surface area contributed by atoms with Crippen molar-refractivity contribution in [3.8, 4) is 0 Å². The quantitative estimate of drug-likeness (QED) is 0.524. The van der Waals surface area contributed by atoms with Crippen molar-refractivity contribution in [2.75, 3.05) is 24.3 Å². The third-order valence-electron chi connectivity index (χ3n) is 3.38. The van der Waals surface area contributed by atoms with Crippen LogP contribution in [0, 0.1) is 0 Å². The molecule has 0 unspecified atom stereocenters. The Hall–Kier alpha value is -2.80. The largest absolute Gasteiger partial charge is 0.462 e. The first-order valence-corrected chi connectivity index (χ1v) is 9.48. The topological polar surface area (TPSA) is 81.7 Å². The first kappa shape index (κ1) is 20.5. The highest BCUT2D eigenvalue weighted by Gasteiger charge is 2.15. The number of amides is 1. The van der Waals surface area contributed by atoms with E-state index in [4.69, 9.17) is 9.47 Å². The zero-order chi connectivity index (χ0) is 19.5. The number of ether oxygens (including phenoxy) is 2. The maximum absolute atomic E-state index is 12.0. The molecule has 142 valence electrons. The first-order valence-electron chi connectivity index (χ1n) is 8.49. The van der Waals surface area contributed by atoms with Crippen LogP contribution in [0.1, 0.15) is 23.7 Å². The molecule has 2 rings (SSSR count). The van der Waals surface area contributed by atoms with E-state index in [2.05, 4.69) is 5.32 Å². The fraction of sp³-hybridized carbons (Fsp3) is 0.250. The molecule has 0 aliphatic carbocycles. The summed E-state index contributed by atoms with van der Waals surface area (Å²) in [6, 6.07) is 16.2. The van der Waals surface area contributed by atoms with Gasteiger partial charge in [0, 0.05) is 10.6 Å². The predicted octanol–water partition coefficient (Wildman–Crippen LogP) is 3.53. The van der Waals surface area contributed by atoms with E-state index in [1.807, 2.05) is 30.3 Å². The lowest BCUT2D eigenvalue weighted by Crippen LogP contribution is -2.22. The SMILES string of the molecule is CCOC(=O)c1ccccc1NC(=O)COC(=O)CCSc1ccccc1. The van der Waals surface area contributed by atoms with Crippen LogP contribution < -0.4 is 5.32 Å². The highest BCUT2D eigenvalue weighted by Crippen LogP contribution is 2.18.